The van der Waals surface area contributed by atoms with Gasteiger partial charge in [-0.1, -0.05) is 22.9 Å². The molecule has 0 bridgehead atoms. The Morgan fingerprint density at radius 2 is 2.18 bits per heavy atom. The molecule has 0 aliphatic heterocycles. The minimum Gasteiger partial charge on any atom is -0.310 e. The Labute approximate surface area is 113 Å². The molecule has 1 aromatic rings. The first-order chi connectivity index (χ1) is 8.15. The third-order valence-electron chi connectivity index (χ3n) is 3.82. The number of hydrogen-bond donors (Lipinski definition) is 1. The first-order valence-corrected chi connectivity index (χ1v) is 7.46. The fourth-order valence-electron chi connectivity index (χ4n) is 2.91. The second-order valence-electron chi connectivity index (χ2n) is 5.09. The highest BCUT2D eigenvalue weighted by Crippen LogP contribution is 2.37. The molecule has 2 heteroatoms. The Kier molecular flexibility index (Phi) is 4.26. The Morgan fingerprint density at radius 1 is 1.41 bits per heavy atom. The maximum absolute atomic E-state index is 3.70. The second-order valence-corrected chi connectivity index (χ2v) is 5.95. The zero-order valence-electron chi connectivity index (χ0n) is 11.1. The van der Waals surface area contributed by atoms with Crippen molar-refractivity contribution in [3.63, 3.8) is 0 Å². The minimum absolute atomic E-state index is 0.565. The summed E-state index contributed by atoms with van der Waals surface area (Å²) in [5, 5.41) is 3.70. The number of fused-ring (bicyclic) bond motifs is 1. The summed E-state index contributed by atoms with van der Waals surface area (Å²) in [4.78, 5) is 0. The van der Waals surface area contributed by atoms with Gasteiger partial charge in [-0.2, -0.15) is 0 Å². The van der Waals surface area contributed by atoms with Crippen LogP contribution in [0.5, 0.6) is 0 Å². The summed E-state index contributed by atoms with van der Waals surface area (Å²) in [7, 11) is 0. The van der Waals surface area contributed by atoms with Gasteiger partial charge in [0.25, 0.3) is 0 Å². The Bertz CT molecular complexity index is 412. The van der Waals surface area contributed by atoms with Crippen molar-refractivity contribution >= 4 is 15.9 Å². The number of benzene rings is 1. The van der Waals surface area contributed by atoms with Crippen molar-refractivity contribution in [2.24, 2.45) is 0 Å². The van der Waals surface area contributed by atoms with Gasteiger partial charge in [0.2, 0.25) is 0 Å². The van der Waals surface area contributed by atoms with Crippen molar-refractivity contribution in [3.05, 3.63) is 32.8 Å². The van der Waals surface area contributed by atoms with Crippen molar-refractivity contribution in [3.8, 4) is 0 Å². The van der Waals surface area contributed by atoms with E-state index in [0.717, 1.165) is 6.54 Å². The summed E-state index contributed by atoms with van der Waals surface area (Å²) in [6.07, 6.45) is 5.05. The molecule has 0 spiro atoms. The SMILES string of the molecule is CCCNC1CCCc2c(C)cc(Br)c(C)c21. The topological polar surface area (TPSA) is 12.0 Å². The zero-order chi connectivity index (χ0) is 12.4. The monoisotopic (exact) mass is 295 g/mol. The van der Waals surface area contributed by atoms with Crippen LogP contribution in [0.15, 0.2) is 10.5 Å². The van der Waals surface area contributed by atoms with E-state index in [2.05, 4.69) is 48.1 Å². The number of nitrogens with one attached hydrogen (secondary N) is 1. The summed E-state index contributed by atoms with van der Waals surface area (Å²) in [6, 6.07) is 2.84. The summed E-state index contributed by atoms with van der Waals surface area (Å²) in [5.41, 5.74) is 6.03. The molecule has 0 heterocycles. The van der Waals surface area contributed by atoms with Crippen molar-refractivity contribution in [1.82, 2.24) is 5.32 Å². The molecule has 0 amide bonds. The van der Waals surface area contributed by atoms with Crippen LogP contribution in [0.1, 0.15) is 54.5 Å². The highest BCUT2D eigenvalue weighted by Gasteiger charge is 2.23. The van der Waals surface area contributed by atoms with Crippen LogP contribution in [0.2, 0.25) is 0 Å². The molecule has 2 rings (SSSR count). The second kappa shape index (κ2) is 5.53. The fraction of sp³-hybridized carbons (Fsp3) is 0.600. The van der Waals surface area contributed by atoms with Crippen LogP contribution in [0.25, 0.3) is 0 Å². The van der Waals surface area contributed by atoms with E-state index in [0.29, 0.717) is 6.04 Å². The molecule has 0 radical (unpaired) electrons. The first kappa shape index (κ1) is 13.1. The summed E-state index contributed by atoms with van der Waals surface area (Å²) >= 11 is 3.69. The average Bonchev–Trinajstić information content (AvgIpc) is 2.33. The van der Waals surface area contributed by atoms with Crippen molar-refractivity contribution < 1.29 is 0 Å². The first-order valence-electron chi connectivity index (χ1n) is 6.67. The highest BCUT2D eigenvalue weighted by atomic mass is 79.9. The van der Waals surface area contributed by atoms with E-state index >= 15 is 0 Å². The summed E-state index contributed by atoms with van der Waals surface area (Å²) < 4.78 is 1.26. The lowest BCUT2D eigenvalue weighted by Crippen LogP contribution is -2.27. The van der Waals surface area contributed by atoms with Gasteiger partial charge >= 0.3 is 0 Å². The molecular weight excluding hydrogens is 274 g/mol. The predicted octanol–water partition coefficient (Wildman–Crippen LogP) is 4.44. The van der Waals surface area contributed by atoms with Crippen LogP contribution in [0, 0.1) is 13.8 Å². The molecular formula is C15H22BrN. The van der Waals surface area contributed by atoms with Gasteiger partial charge in [0, 0.05) is 10.5 Å². The van der Waals surface area contributed by atoms with E-state index in [1.165, 1.54) is 41.3 Å². The van der Waals surface area contributed by atoms with E-state index < -0.39 is 0 Å². The molecule has 94 valence electrons. The van der Waals surface area contributed by atoms with Crippen molar-refractivity contribution in [2.45, 2.75) is 52.5 Å². The van der Waals surface area contributed by atoms with E-state index in [-0.39, 0.29) is 0 Å². The average molecular weight is 296 g/mol. The van der Waals surface area contributed by atoms with Crippen molar-refractivity contribution in [1.29, 1.82) is 0 Å². The highest BCUT2D eigenvalue weighted by molar-refractivity contribution is 9.10. The summed E-state index contributed by atoms with van der Waals surface area (Å²) in [6.45, 7) is 7.84. The largest absolute Gasteiger partial charge is 0.310 e. The molecule has 0 aromatic heterocycles. The van der Waals surface area contributed by atoms with Gasteiger partial charge in [0.1, 0.15) is 0 Å². The van der Waals surface area contributed by atoms with Crippen LogP contribution in [0.3, 0.4) is 0 Å². The van der Waals surface area contributed by atoms with Crippen LogP contribution in [0.4, 0.5) is 0 Å². The van der Waals surface area contributed by atoms with E-state index in [1.54, 1.807) is 11.1 Å². The normalized spacial score (nSPS) is 19.2. The molecule has 1 aliphatic carbocycles. The van der Waals surface area contributed by atoms with Crippen LogP contribution in [-0.4, -0.2) is 6.54 Å². The van der Waals surface area contributed by atoms with Gasteiger partial charge in [0.15, 0.2) is 0 Å². The van der Waals surface area contributed by atoms with Gasteiger partial charge in [-0.15, -0.1) is 0 Å². The summed E-state index contributed by atoms with van der Waals surface area (Å²) in [5.74, 6) is 0. The third kappa shape index (κ3) is 2.58. The quantitative estimate of drug-likeness (QED) is 0.869. The molecule has 17 heavy (non-hydrogen) atoms. The van der Waals surface area contributed by atoms with E-state index in [1.807, 2.05) is 0 Å². The fourth-order valence-corrected chi connectivity index (χ4v) is 3.46. The van der Waals surface area contributed by atoms with Gasteiger partial charge in [-0.25, -0.2) is 0 Å². The van der Waals surface area contributed by atoms with Crippen molar-refractivity contribution in [2.75, 3.05) is 6.54 Å². The predicted molar refractivity (Wildman–Crippen MR) is 77.6 cm³/mol. The molecule has 1 nitrogen and oxygen atoms in total. The third-order valence-corrected chi connectivity index (χ3v) is 4.64. The van der Waals surface area contributed by atoms with Gasteiger partial charge in [-0.3, -0.25) is 0 Å². The smallest absolute Gasteiger partial charge is 0.0326 e. The molecule has 1 unspecified atom stereocenters. The maximum atomic E-state index is 3.70. The lowest BCUT2D eigenvalue weighted by molar-refractivity contribution is 0.457. The Morgan fingerprint density at radius 3 is 2.88 bits per heavy atom. The van der Waals surface area contributed by atoms with E-state index in [4.69, 9.17) is 0 Å². The van der Waals surface area contributed by atoms with Crippen LogP contribution >= 0.6 is 15.9 Å². The molecule has 0 saturated carbocycles. The number of aryl methyl sites for hydroxylation is 1. The Hall–Kier alpha value is -0.340. The van der Waals surface area contributed by atoms with E-state index in [9.17, 15) is 0 Å². The zero-order valence-corrected chi connectivity index (χ0v) is 12.7. The molecule has 1 atom stereocenters. The van der Waals surface area contributed by atoms with Crippen LogP contribution < -0.4 is 5.32 Å². The lowest BCUT2D eigenvalue weighted by atomic mass is 9.82. The molecule has 1 aromatic carbocycles. The molecule has 0 fully saturated rings. The standard InChI is InChI=1S/C15H22BrN/c1-4-8-17-14-7-5-6-12-10(2)9-13(16)11(3)15(12)14/h9,14,17H,4-8H2,1-3H3. The van der Waals surface area contributed by atoms with Gasteiger partial charge in [-0.05, 0) is 74.4 Å². The van der Waals surface area contributed by atoms with Gasteiger partial charge < -0.3 is 5.32 Å². The lowest BCUT2D eigenvalue weighted by Gasteiger charge is -2.30. The molecule has 0 saturated heterocycles. The van der Waals surface area contributed by atoms with Gasteiger partial charge in [0.05, 0.1) is 0 Å². The minimum atomic E-state index is 0.565. The molecule has 1 aliphatic rings. The molecule has 1 N–H and O–H groups in total. The van der Waals surface area contributed by atoms with Crippen LogP contribution in [-0.2, 0) is 6.42 Å². The number of halogens is 1. The maximum Gasteiger partial charge on any atom is 0.0326 e. The Balaban J connectivity index is 2.41. The number of rotatable bonds is 3. The number of hydrogen-bond acceptors (Lipinski definition) is 1.